The van der Waals surface area contributed by atoms with E-state index >= 15 is 0 Å². The maximum absolute atomic E-state index is 12.6. The first-order valence-corrected chi connectivity index (χ1v) is 11.8. The second-order valence-electron chi connectivity index (χ2n) is 8.11. The molecular weight excluding hydrogens is 454 g/mol. The molecule has 0 aromatic heterocycles. The Morgan fingerprint density at radius 1 is 1.09 bits per heavy atom. The molecule has 2 aliphatic rings. The van der Waals surface area contributed by atoms with Crippen LogP contribution in [0.3, 0.4) is 0 Å². The molecule has 4 rings (SSSR count). The zero-order valence-corrected chi connectivity index (χ0v) is 18.9. The van der Waals surface area contributed by atoms with Crippen molar-refractivity contribution < 1.29 is 35.9 Å². The van der Waals surface area contributed by atoms with Gasteiger partial charge in [0.2, 0.25) is 0 Å². The summed E-state index contributed by atoms with van der Waals surface area (Å²) in [5.41, 5.74) is 0.695. The normalized spacial score (nSPS) is 29.8. The third-order valence-electron chi connectivity index (χ3n) is 5.99. The molecule has 10 nitrogen and oxygen atoms in total. The van der Waals surface area contributed by atoms with Gasteiger partial charge in [0, 0.05) is 36.6 Å². The molecule has 2 fully saturated rings. The van der Waals surface area contributed by atoms with Gasteiger partial charge in [0.05, 0.1) is 23.7 Å². The van der Waals surface area contributed by atoms with E-state index in [4.69, 9.17) is 22.6 Å². The summed E-state index contributed by atoms with van der Waals surface area (Å²) in [7, 11) is -2.99. The molecule has 0 spiro atoms. The topological polar surface area (TPSA) is 123 Å². The maximum Gasteiger partial charge on any atom is 0.449 e. The van der Waals surface area contributed by atoms with Crippen molar-refractivity contribution in [2.75, 3.05) is 13.7 Å². The van der Waals surface area contributed by atoms with Gasteiger partial charge in [0.25, 0.3) is 5.69 Å². The Kier molecular flexibility index (Phi) is 6.96. The molecule has 0 amide bonds. The Labute approximate surface area is 191 Å². The highest BCUT2D eigenvalue weighted by Gasteiger charge is 2.49. The van der Waals surface area contributed by atoms with Gasteiger partial charge in [0.15, 0.2) is 6.29 Å². The monoisotopic (exact) mass is 479 g/mol. The molecule has 2 aromatic carbocycles. The highest BCUT2D eigenvalue weighted by atomic mass is 32.3. The van der Waals surface area contributed by atoms with Crippen LogP contribution in [0.4, 0.5) is 5.69 Å². The van der Waals surface area contributed by atoms with E-state index in [0.717, 1.165) is 17.7 Å². The number of methoxy groups -OCH3 is 1. The fourth-order valence-electron chi connectivity index (χ4n) is 4.37. The SMILES string of the molecule is CO[C@H]1CC2COC(c3ccccc3)O[C@H]2[C@H](C)C1OS(=O)(=O)Oc1ccc([N+](=O)[O-])cc1. The number of fused-ring (bicyclic) bond motifs is 1. The van der Waals surface area contributed by atoms with Gasteiger partial charge >= 0.3 is 10.4 Å². The number of rotatable bonds is 7. The lowest BCUT2D eigenvalue weighted by Gasteiger charge is -2.47. The average Bonchev–Trinajstić information content (AvgIpc) is 2.81. The van der Waals surface area contributed by atoms with Crippen molar-refractivity contribution in [1.29, 1.82) is 0 Å². The summed E-state index contributed by atoms with van der Waals surface area (Å²) in [4.78, 5) is 10.2. The van der Waals surface area contributed by atoms with Crippen LogP contribution in [0, 0.1) is 22.0 Å². The number of ether oxygens (including phenoxy) is 3. The quantitative estimate of drug-likeness (QED) is 0.434. The second kappa shape index (κ2) is 9.74. The lowest BCUT2D eigenvalue weighted by Crippen LogP contribution is -2.55. The van der Waals surface area contributed by atoms with Crippen LogP contribution in [0.5, 0.6) is 5.75 Å². The number of nitro benzene ring substituents is 1. The summed E-state index contributed by atoms with van der Waals surface area (Å²) in [6.45, 7) is 2.30. The van der Waals surface area contributed by atoms with Crippen LogP contribution in [0.2, 0.25) is 0 Å². The number of nitrogens with zero attached hydrogens (tertiary/aromatic N) is 1. The molecule has 33 heavy (non-hydrogen) atoms. The van der Waals surface area contributed by atoms with E-state index < -0.39 is 33.8 Å². The van der Waals surface area contributed by atoms with Gasteiger partial charge in [-0.1, -0.05) is 37.3 Å². The van der Waals surface area contributed by atoms with Gasteiger partial charge in [-0.05, 0) is 18.6 Å². The Morgan fingerprint density at radius 2 is 1.79 bits per heavy atom. The van der Waals surface area contributed by atoms with Crippen molar-refractivity contribution in [2.24, 2.45) is 11.8 Å². The largest absolute Gasteiger partial charge is 0.449 e. The molecule has 1 saturated carbocycles. The Bertz CT molecular complexity index is 1060. The van der Waals surface area contributed by atoms with Crippen molar-refractivity contribution in [3.05, 3.63) is 70.3 Å². The highest BCUT2D eigenvalue weighted by molar-refractivity contribution is 7.82. The van der Waals surface area contributed by atoms with E-state index in [2.05, 4.69) is 0 Å². The Morgan fingerprint density at radius 3 is 2.42 bits per heavy atom. The summed E-state index contributed by atoms with van der Waals surface area (Å²) in [5, 5.41) is 10.8. The van der Waals surface area contributed by atoms with E-state index in [1.807, 2.05) is 37.3 Å². The summed E-state index contributed by atoms with van der Waals surface area (Å²) in [6.07, 6.45) is -1.74. The molecule has 0 N–H and O–H groups in total. The van der Waals surface area contributed by atoms with Gasteiger partial charge in [-0.3, -0.25) is 10.1 Å². The molecule has 0 radical (unpaired) electrons. The summed E-state index contributed by atoms with van der Waals surface area (Å²) in [5.74, 6) is -0.426. The zero-order chi connectivity index (χ0) is 23.6. The predicted molar refractivity (Wildman–Crippen MR) is 116 cm³/mol. The minimum absolute atomic E-state index is 0.0167. The molecule has 2 aromatic rings. The Hall–Kier alpha value is -2.57. The molecule has 1 aliphatic carbocycles. The molecule has 178 valence electrons. The van der Waals surface area contributed by atoms with E-state index in [1.54, 1.807) is 0 Å². The number of nitro groups is 1. The number of non-ortho nitro benzene ring substituents is 1. The van der Waals surface area contributed by atoms with Crippen LogP contribution in [0.1, 0.15) is 25.2 Å². The van der Waals surface area contributed by atoms with E-state index in [1.165, 1.54) is 19.2 Å². The fraction of sp³-hybridized carbons (Fsp3) is 0.455. The van der Waals surface area contributed by atoms with Crippen LogP contribution in [-0.2, 0) is 28.8 Å². The van der Waals surface area contributed by atoms with E-state index in [0.29, 0.717) is 13.0 Å². The van der Waals surface area contributed by atoms with Crippen molar-refractivity contribution >= 4 is 16.1 Å². The van der Waals surface area contributed by atoms with E-state index in [-0.39, 0.29) is 29.4 Å². The molecule has 1 aliphatic heterocycles. The smallest absolute Gasteiger partial charge is 0.379 e. The van der Waals surface area contributed by atoms with Crippen molar-refractivity contribution in [3.8, 4) is 5.75 Å². The standard InChI is InChI=1S/C22H25NO9S/c1-14-20-16(13-29-22(30-20)15-6-4-3-5-7-15)12-19(28-2)21(14)32-33(26,27)31-18-10-8-17(9-11-18)23(24)25/h3-11,14,16,19-22H,12-13H2,1-2H3/t14-,16?,19-,20-,21?,22?/m0/s1. The van der Waals surface area contributed by atoms with Crippen LogP contribution in [-0.4, -0.2) is 45.4 Å². The van der Waals surface area contributed by atoms with Gasteiger partial charge < -0.3 is 18.4 Å². The Balaban J connectivity index is 1.48. The molecule has 0 bridgehead atoms. The fourth-order valence-corrected chi connectivity index (χ4v) is 5.33. The molecule has 1 saturated heterocycles. The van der Waals surface area contributed by atoms with E-state index in [9.17, 15) is 18.5 Å². The number of hydrogen-bond donors (Lipinski definition) is 0. The first-order valence-electron chi connectivity index (χ1n) is 10.5. The predicted octanol–water partition coefficient (Wildman–Crippen LogP) is 3.39. The van der Waals surface area contributed by atoms with Crippen LogP contribution in [0.15, 0.2) is 54.6 Å². The van der Waals surface area contributed by atoms with Gasteiger partial charge in [-0.25, -0.2) is 4.18 Å². The summed E-state index contributed by atoms with van der Waals surface area (Å²) in [6, 6.07) is 14.2. The number of hydrogen-bond acceptors (Lipinski definition) is 9. The third-order valence-corrected chi connectivity index (χ3v) is 6.85. The van der Waals surface area contributed by atoms with Crippen molar-refractivity contribution in [2.45, 2.75) is 37.9 Å². The summed E-state index contributed by atoms with van der Waals surface area (Å²) >= 11 is 0. The van der Waals surface area contributed by atoms with Crippen LogP contribution in [0.25, 0.3) is 0 Å². The van der Waals surface area contributed by atoms with Crippen LogP contribution < -0.4 is 4.18 Å². The molecular formula is C22H25NO9S. The number of benzene rings is 2. The van der Waals surface area contributed by atoms with Gasteiger partial charge in [-0.15, -0.1) is 0 Å². The minimum atomic E-state index is -4.48. The van der Waals surface area contributed by atoms with Gasteiger partial charge in [-0.2, -0.15) is 8.42 Å². The lowest BCUT2D eigenvalue weighted by molar-refractivity contribution is -0.384. The zero-order valence-electron chi connectivity index (χ0n) is 18.1. The van der Waals surface area contributed by atoms with Crippen molar-refractivity contribution in [1.82, 2.24) is 0 Å². The average molecular weight is 480 g/mol. The van der Waals surface area contributed by atoms with Gasteiger partial charge in [0.1, 0.15) is 11.9 Å². The first kappa shape index (κ1) is 23.6. The lowest BCUT2D eigenvalue weighted by atomic mass is 9.75. The third kappa shape index (κ3) is 5.33. The van der Waals surface area contributed by atoms with Crippen molar-refractivity contribution in [3.63, 3.8) is 0 Å². The highest BCUT2D eigenvalue weighted by Crippen LogP contribution is 2.42. The maximum atomic E-state index is 12.6. The second-order valence-corrected chi connectivity index (χ2v) is 9.28. The summed E-state index contributed by atoms with van der Waals surface area (Å²) < 4.78 is 53.4. The molecule has 6 atom stereocenters. The molecule has 3 unspecified atom stereocenters. The molecule has 11 heteroatoms. The van der Waals surface area contributed by atoms with Crippen LogP contribution >= 0.6 is 0 Å². The molecule has 1 heterocycles. The minimum Gasteiger partial charge on any atom is -0.379 e. The first-order chi connectivity index (χ1) is 15.8.